The van der Waals surface area contributed by atoms with Crippen LogP contribution in [-0.4, -0.2) is 15.0 Å². The summed E-state index contributed by atoms with van der Waals surface area (Å²) in [5.41, 5.74) is 0.829. The lowest BCUT2D eigenvalue weighted by molar-refractivity contribution is 0.586. The van der Waals surface area contributed by atoms with Crippen molar-refractivity contribution in [3.05, 3.63) is 28.2 Å². The van der Waals surface area contributed by atoms with Crippen molar-refractivity contribution in [1.29, 1.82) is 5.26 Å². The molecular formula is C9H9BrN2O2S. The SMILES string of the molecule is Cc1cc(S(=O)(=O)NCC#N)ccc1Br. The Kier molecular flexibility index (Phi) is 3.85. The largest absolute Gasteiger partial charge is 0.241 e. The number of hydrogen-bond donors (Lipinski definition) is 1. The van der Waals surface area contributed by atoms with E-state index in [-0.39, 0.29) is 11.4 Å². The average molecular weight is 289 g/mol. The van der Waals surface area contributed by atoms with Gasteiger partial charge < -0.3 is 0 Å². The molecule has 0 fully saturated rings. The first-order valence-electron chi connectivity index (χ1n) is 4.10. The predicted octanol–water partition coefficient (Wildman–Crippen LogP) is 1.56. The summed E-state index contributed by atoms with van der Waals surface area (Å²) in [4.78, 5) is 0.165. The molecule has 1 aromatic rings. The van der Waals surface area contributed by atoms with Gasteiger partial charge in [0.1, 0.15) is 0 Å². The topological polar surface area (TPSA) is 70.0 Å². The lowest BCUT2D eigenvalue weighted by atomic mass is 10.2. The van der Waals surface area contributed by atoms with E-state index in [1.54, 1.807) is 25.1 Å². The van der Waals surface area contributed by atoms with E-state index in [1.807, 2.05) is 0 Å². The Morgan fingerprint density at radius 2 is 2.20 bits per heavy atom. The highest BCUT2D eigenvalue weighted by Gasteiger charge is 2.13. The van der Waals surface area contributed by atoms with Crippen LogP contribution < -0.4 is 4.72 Å². The van der Waals surface area contributed by atoms with Gasteiger partial charge in [0.25, 0.3) is 0 Å². The molecule has 4 nitrogen and oxygen atoms in total. The molecule has 0 amide bonds. The molecule has 1 rings (SSSR count). The minimum absolute atomic E-state index is 0.165. The Hall–Kier alpha value is -0.900. The third-order valence-electron chi connectivity index (χ3n) is 1.78. The number of halogens is 1. The molecule has 0 saturated carbocycles. The molecule has 0 aromatic heterocycles. The second-order valence-corrected chi connectivity index (χ2v) is 5.51. The van der Waals surface area contributed by atoms with Crippen molar-refractivity contribution in [3.8, 4) is 6.07 Å². The van der Waals surface area contributed by atoms with E-state index in [0.717, 1.165) is 10.0 Å². The Balaban J connectivity index is 3.07. The number of nitriles is 1. The van der Waals surface area contributed by atoms with Gasteiger partial charge in [0.15, 0.2) is 0 Å². The quantitative estimate of drug-likeness (QED) is 0.858. The maximum atomic E-state index is 11.6. The standard InChI is InChI=1S/C9H9BrN2O2S/c1-7-6-8(2-3-9(7)10)15(13,14)12-5-4-11/h2-3,6,12H,5H2,1H3. The number of rotatable bonds is 3. The molecule has 0 bridgehead atoms. The van der Waals surface area contributed by atoms with Crippen molar-refractivity contribution in [2.45, 2.75) is 11.8 Å². The molecule has 0 saturated heterocycles. The lowest BCUT2D eigenvalue weighted by Gasteiger charge is -2.05. The maximum absolute atomic E-state index is 11.6. The zero-order chi connectivity index (χ0) is 11.5. The third kappa shape index (κ3) is 3.02. The van der Waals surface area contributed by atoms with Crippen molar-refractivity contribution in [2.24, 2.45) is 0 Å². The van der Waals surface area contributed by atoms with Gasteiger partial charge in [-0.2, -0.15) is 9.98 Å². The van der Waals surface area contributed by atoms with Gasteiger partial charge in [-0.05, 0) is 30.7 Å². The number of sulfonamides is 1. The van der Waals surface area contributed by atoms with Crippen LogP contribution in [0.3, 0.4) is 0 Å². The first kappa shape index (κ1) is 12.2. The van der Waals surface area contributed by atoms with Crippen LogP contribution in [0.15, 0.2) is 27.6 Å². The fraction of sp³-hybridized carbons (Fsp3) is 0.222. The Bertz CT molecular complexity index is 505. The zero-order valence-electron chi connectivity index (χ0n) is 7.99. The van der Waals surface area contributed by atoms with Gasteiger partial charge in [-0.3, -0.25) is 0 Å². The maximum Gasteiger partial charge on any atom is 0.241 e. The van der Waals surface area contributed by atoms with Gasteiger partial charge >= 0.3 is 0 Å². The zero-order valence-corrected chi connectivity index (χ0v) is 10.4. The van der Waals surface area contributed by atoms with Crippen molar-refractivity contribution in [2.75, 3.05) is 6.54 Å². The summed E-state index contributed by atoms with van der Waals surface area (Å²) in [6, 6.07) is 6.41. The normalized spacial score (nSPS) is 11.0. The van der Waals surface area contributed by atoms with Crippen LogP contribution in [0.1, 0.15) is 5.56 Å². The molecule has 80 valence electrons. The number of nitrogens with one attached hydrogen (secondary N) is 1. The summed E-state index contributed by atoms with van der Waals surface area (Å²) < 4.78 is 26.2. The molecule has 1 aromatic carbocycles. The summed E-state index contributed by atoms with van der Waals surface area (Å²) in [6.45, 7) is 1.57. The molecule has 6 heteroatoms. The van der Waals surface area contributed by atoms with Crippen molar-refractivity contribution >= 4 is 26.0 Å². The summed E-state index contributed by atoms with van der Waals surface area (Å²) in [5.74, 6) is 0. The molecule has 0 atom stereocenters. The van der Waals surface area contributed by atoms with Crippen LogP contribution in [-0.2, 0) is 10.0 Å². The molecule has 0 spiro atoms. The van der Waals surface area contributed by atoms with E-state index in [2.05, 4.69) is 20.7 Å². The number of aryl methyl sites for hydroxylation is 1. The van der Waals surface area contributed by atoms with E-state index in [9.17, 15) is 8.42 Å². The van der Waals surface area contributed by atoms with Gasteiger partial charge in [0.2, 0.25) is 10.0 Å². The van der Waals surface area contributed by atoms with E-state index in [4.69, 9.17) is 5.26 Å². The van der Waals surface area contributed by atoms with Crippen molar-refractivity contribution < 1.29 is 8.42 Å². The Morgan fingerprint density at radius 1 is 1.53 bits per heavy atom. The van der Waals surface area contributed by atoms with Crippen LogP contribution in [0.2, 0.25) is 0 Å². The summed E-state index contributed by atoms with van der Waals surface area (Å²) in [5, 5.41) is 8.29. The molecule has 0 unspecified atom stereocenters. The molecule has 0 heterocycles. The number of hydrogen-bond acceptors (Lipinski definition) is 3. The number of nitrogens with zero attached hydrogens (tertiary/aromatic N) is 1. The molecule has 0 aliphatic rings. The minimum Gasteiger partial charge on any atom is -0.207 e. The average Bonchev–Trinajstić information content (AvgIpc) is 2.19. The molecule has 15 heavy (non-hydrogen) atoms. The van der Waals surface area contributed by atoms with E-state index in [0.29, 0.717) is 0 Å². The number of benzene rings is 1. The fourth-order valence-corrected chi connectivity index (χ4v) is 2.24. The molecule has 0 aliphatic heterocycles. The highest BCUT2D eigenvalue weighted by molar-refractivity contribution is 9.10. The van der Waals surface area contributed by atoms with Crippen molar-refractivity contribution in [1.82, 2.24) is 4.72 Å². The van der Waals surface area contributed by atoms with Crippen LogP contribution >= 0.6 is 15.9 Å². The summed E-state index contributed by atoms with van der Waals surface area (Å²) in [7, 11) is -3.56. The first-order valence-corrected chi connectivity index (χ1v) is 6.38. The van der Waals surface area contributed by atoms with E-state index >= 15 is 0 Å². The van der Waals surface area contributed by atoms with Crippen LogP contribution in [0.4, 0.5) is 0 Å². The van der Waals surface area contributed by atoms with Crippen molar-refractivity contribution in [3.63, 3.8) is 0 Å². The van der Waals surface area contributed by atoms with Crippen LogP contribution in [0, 0.1) is 18.3 Å². The smallest absolute Gasteiger partial charge is 0.207 e. The summed E-state index contributed by atoms with van der Waals surface area (Å²) in [6.07, 6.45) is 0. The molecular weight excluding hydrogens is 280 g/mol. The monoisotopic (exact) mass is 288 g/mol. The van der Waals surface area contributed by atoms with E-state index < -0.39 is 10.0 Å². The van der Waals surface area contributed by atoms with Gasteiger partial charge in [0.05, 0.1) is 17.5 Å². The van der Waals surface area contributed by atoms with Crippen LogP contribution in [0.5, 0.6) is 0 Å². The lowest BCUT2D eigenvalue weighted by Crippen LogP contribution is -2.23. The Morgan fingerprint density at radius 3 is 2.73 bits per heavy atom. The van der Waals surface area contributed by atoms with E-state index in [1.165, 1.54) is 6.07 Å². The van der Waals surface area contributed by atoms with Gasteiger partial charge in [-0.15, -0.1) is 0 Å². The highest BCUT2D eigenvalue weighted by Crippen LogP contribution is 2.19. The molecule has 0 radical (unpaired) electrons. The summed E-state index contributed by atoms with van der Waals surface area (Å²) >= 11 is 3.28. The minimum atomic E-state index is -3.56. The highest BCUT2D eigenvalue weighted by atomic mass is 79.9. The Labute approximate surface area is 97.1 Å². The molecule has 0 aliphatic carbocycles. The second-order valence-electron chi connectivity index (χ2n) is 2.89. The van der Waals surface area contributed by atoms with Gasteiger partial charge in [-0.25, -0.2) is 8.42 Å². The first-order chi connectivity index (χ1) is 6.97. The molecule has 1 N–H and O–H groups in total. The fourth-order valence-electron chi connectivity index (χ4n) is 0.995. The second kappa shape index (κ2) is 4.75. The van der Waals surface area contributed by atoms with Gasteiger partial charge in [-0.1, -0.05) is 15.9 Å². The van der Waals surface area contributed by atoms with Gasteiger partial charge in [0, 0.05) is 4.47 Å². The predicted molar refractivity (Wildman–Crippen MR) is 59.7 cm³/mol. The van der Waals surface area contributed by atoms with Crippen LogP contribution in [0.25, 0.3) is 0 Å². The third-order valence-corrected chi connectivity index (χ3v) is 4.07.